The zero-order valence-electron chi connectivity index (χ0n) is 17.2. The smallest absolute Gasteiger partial charge is 0.378 e. The summed E-state index contributed by atoms with van der Waals surface area (Å²) in [6.07, 6.45) is 2.96. The summed E-state index contributed by atoms with van der Waals surface area (Å²) in [6.45, 7) is 0.860. The number of benzene rings is 1. The molecule has 0 radical (unpaired) electrons. The highest BCUT2D eigenvalue weighted by atomic mass is 19.4. The Labute approximate surface area is 178 Å². The number of primary amides is 1. The molecule has 0 saturated heterocycles. The van der Waals surface area contributed by atoms with Gasteiger partial charge >= 0.3 is 6.18 Å². The van der Waals surface area contributed by atoms with Crippen molar-refractivity contribution >= 4 is 17.4 Å². The zero-order valence-corrected chi connectivity index (χ0v) is 17.2. The maximum absolute atomic E-state index is 12.5. The summed E-state index contributed by atoms with van der Waals surface area (Å²) in [7, 11) is 0. The molecule has 1 heterocycles. The molecule has 1 aromatic heterocycles. The molecular weight excluding hydrogens is 409 g/mol. The molecule has 6 nitrogen and oxygen atoms in total. The quantitative estimate of drug-likeness (QED) is 0.626. The van der Waals surface area contributed by atoms with E-state index in [2.05, 4.69) is 10.4 Å². The second-order valence-corrected chi connectivity index (χ2v) is 8.56. The SMILES string of the molecule is NC(=O)c1cn(C2CCC(OCC3CC3)CC2)nc1Nc1ccc(CC(F)(F)F)cc1. The van der Waals surface area contributed by atoms with Crippen molar-refractivity contribution in [3.05, 3.63) is 41.6 Å². The lowest BCUT2D eigenvalue weighted by Crippen LogP contribution is -2.24. The number of halogens is 3. The van der Waals surface area contributed by atoms with Gasteiger partial charge in [-0.05, 0) is 62.1 Å². The third-order valence-electron chi connectivity index (χ3n) is 5.90. The number of ether oxygens (including phenoxy) is 1. The lowest BCUT2D eigenvalue weighted by Gasteiger charge is -2.28. The van der Waals surface area contributed by atoms with E-state index < -0.39 is 18.5 Å². The molecule has 9 heteroatoms. The predicted molar refractivity (Wildman–Crippen MR) is 110 cm³/mol. The molecule has 0 unspecified atom stereocenters. The van der Waals surface area contributed by atoms with E-state index in [1.807, 2.05) is 0 Å². The second kappa shape index (κ2) is 8.90. The van der Waals surface area contributed by atoms with E-state index in [1.165, 1.54) is 37.1 Å². The van der Waals surface area contributed by atoms with Crippen LogP contribution in [0.25, 0.3) is 0 Å². The number of carbonyl (C=O) groups excluding carboxylic acids is 1. The summed E-state index contributed by atoms with van der Waals surface area (Å²) in [6, 6.07) is 6.03. The first-order valence-corrected chi connectivity index (χ1v) is 10.7. The maximum atomic E-state index is 12.5. The van der Waals surface area contributed by atoms with Crippen LogP contribution in [-0.2, 0) is 11.2 Å². The number of rotatable bonds is 8. The topological polar surface area (TPSA) is 82.2 Å². The summed E-state index contributed by atoms with van der Waals surface area (Å²) in [5.74, 6) is 0.449. The fraction of sp³-hybridized carbons (Fsp3) is 0.545. The molecule has 0 bridgehead atoms. The molecule has 0 aliphatic heterocycles. The first kappa shape index (κ1) is 21.7. The number of nitrogens with one attached hydrogen (secondary N) is 1. The van der Waals surface area contributed by atoms with Crippen LogP contribution in [0.1, 0.15) is 60.5 Å². The molecule has 2 saturated carbocycles. The molecule has 2 aromatic rings. The Bertz CT molecular complexity index is 898. The Kier molecular flexibility index (Phi) is 6.22. The van der Waals surface area contributed by atoms with Crippen LogP contribution in [0.2, 0.25) is 0 Å². The highest BCUT2D eigenvalue weighted by Gasteiger charge is 2.29. The average Bonchev–Trinajstić information content (AvgIpc) is 3.45. The third kappa shape index (κ3) is 6.00. The van der Waals surface area contributed by atoms with Gasteiger partial charge in [-0.1, -0.05) is 12.1 Å². The molecule has 2 aliphatic rings. The number of amides is 1. The summed E-state index contributed by atoms with van der Waals surface area (Å²) in [5.41, 5.74) is 6.48. The van der Waals surface area contributed by atoms with Crippen LogP contribution < -0.4 is 11.1 Å². The Morgan fingerprint density at radius 2 is 1.81 bits per heavy atom. The minimum Gasteiger partial charge on any atom is -0.378 e. The molecule has 0 atom stereocenters. The van der Waals surface area contributed by atoms with E-state index >= 15 is 0 Å². The van der Waals surface area contributed by atoms with Crippen molar-refractivity contribution in [3.63, 3.8) is 0 Å². The molecule has 31 heavy (non-hydrogen) atoms. The van der Waals surface area contributed by atoms with Crippen LogP contribution in [0.15, 0.2) is 30.5 Å². The highest BCUT2D eigenvalue weighted by molar-refractivity contribution is 5.98. The van der Waals surface area contributed by atoms with Crippen LogP contribution in [-0.4, -0.2) is 34.6 Å². The minimum atomic E-state index is -4.26. The summed E-state index contributed by atoms with van der Waals surface area (Å²) in [4.78, 5) is 11.9. The third-order valence-corrected chi connectivity index (χ3v) is 5.90. The van der Waals surface area contributed by atoms with Gasteiger partial charge in [0.2, 0.25) is 0 Å². The molecule has 3 N–H and O–H groups in total. The number of carbonyl (C=O) groups is 1. The average molecular weight is 436 g/mol. The number of anilines is 2. The van der Waals surface area contributed by atoms with Crippen molar-refractivity contribution in [3.8, 4) is 0 Å². The van der Waals surface area contributed by atoms with Gasteiger partial charge in [0, 0.05) is 18.5 Å². The Morgan fingerprint density at radius 3 is 2.39 bits per heavy atom. The van der Waals surface area contributed by atoms with Gasteiger partial charge in [0.1, 0.15) is 5.56 Å². The van der Waals surface area contributed by atoms with E-state index in [9.17, 15) is 18.0 Å². The maximum Gasteiger partial charge on any atom is 0.393 e. The van der Waals surface area contributed by atoms with Crippen molar-refractivity contribution in [1.82, 2.24) is 9.78 Å². The van der Waals surface area contributed by atoms with E-state index in [4.69, 9.17) is 10.5 Å². The van der Waals surface area contributed by atoms with Crippen molar-refractivity contribution in [1.29, 1.82) is 0 Å². The standard InChI is InChI=1S/C22H27F3N4O2/c23-22(24,25)11-14-3-5-16(6-4-14)27-21-19(20(26)30)12-29(28-21)17-7-9-18(10-8-17)31-13-15-1-2-15/h3-6,12,15,17-18H,1-2,7-11,13H2,(H2,26,30)(H,27,28). The number of aromatic nitrogens is 2. The Morgan fingerprint density at radius 1 is 1.13 bits per heavy atom. The van der Waals surface area contributed by atoms with Crippen molar-refractivity contribution in [2.24, 2.45) is 11.7 Å². The van der Waals surface area contributed by atoms with Gasteiger partial charge in [0.05, 0.1) is 18.6 Å². The van der Waals surface area contributed by atoms with Crippen LogP contribution in [0, 0.1) is 5.92 Å². The Hall–Kier alpha value is -2.55. The number of nitrogens with two attached hydrogens (primary N) is 1. The zero-order chi connectivity index (χ0) is 22.0. The minimum absolute atomic E-state index is 0.156. The van der Waals surface area contributed by atoms with E-state index in [-0.39, 0.29) is 23.3 Å². The number of alkyl halides is 3. The monoisotopic (exact) mass is 436 g/mol. The van der Waals surface area contributed by atoms with Gasteiger partial charge < -0.3 is 15.8 Å². The predicted octanol–water partition coefficient (Wildman–Crippen LogP) is 4.74. The Balaban J connectivity index is 1.40. The van der Waals surface area contributed by atoms with Gasteiger partial charge in [-0.3, -0.25) is 9.48 Å². The number of nitrogens with zero attached hydrogens (tertiary/aromatic N) is 2. The van der Waals surface area contributed by atoms with Gasteiger partial charge in [-0.2, -0.15) is 18.3 Å². The van der Waals surface area contributed by atoms with Crippen LogP contribution in [0.5, 0.6) is 0 Å². The van der Waals surface area contributed by atoms with Crippen LogP contribution >= 0.6 is 0 Å². The van der Waals surface area contributed by atoms with Crippen LogP contribution in [0.4, 0.5) is 24.7 Å². The van der Waals surface area contributed by atoms with E-state index in [1.54, 1.807) is 10.9 Å². The van der Waals surface area contributed by atoms with Gasteiger partial charge in [-0.15, -0.1) is 0 Å². The van der Waals surface area contributed by atoms with E-state index in [0.717, 1.165) is 38.2 Å². The largest absolute Gasteiger partial charge is 0.393 e. The molecule has 168 valence electrons. The highest BCUT2D eigenvalue weighted by Crippen LogP contribution is 2.34. The fourth-order valence-corrected chi connectivity index (χ4v) is 3.96. The molecule has 0 spiro atoms. The molecule has 1 amide bonds. The van der Waals surface area contributed by atoms with Crippen LogP contribution in [0.3, 0.4) is 0 Å². The fourth-order valence-electron chi connectivity index (χ4n) is 3.96. The summed E-state index contributed by atoms with van der Waals surface area (Å²) >= 11 is 0. The lowest BCUT2D eigenvalue weighted by atomic mass is 9.93. The number of hydrogen-bond donors (Lipinski definition) is 2. The molecule has 2 fully saturated rings. The van der Waals surface area contributed by atoms with Gasteiger partial charge in [0.15, 0.2) is 5.82 Å². The molecule has 4 rings (SSSR count). The molecule has 1 aromatic carbocycles. The first-order valence-electron chi connectivity index (χ1n) is 10.7. The van der Waals surface area contributed by atoms with E-state index in [0.29, 0.717) is 11.5 Å². The molecule has 2 aliphatic carbocycles. The second-order valence-electron chi connectivity index (χ2n) is 8.56. The van der Waals surface area contributed by atoms with Crippen molar-refractivity contribution in [2.75, 3.05) is 11.9 Å². The molecular formula is C22H27F3N4O2. The normalized spacial score (nSPS) is 21.8. The van der Waals surface area contributed by atoms with Gasteiger partial charge in [-0.25, -0.2) is 0 Å². The summed E-state index contributed by atoms with van der Waals surface area (Å²) < 4.78 is 45.3. The van der Waals surface area contributed by atoms with Crippen molar-refractivity contribution in [2.45, 2.75) is 63.3 Å². The van der Waals surface area contributed by atoms with Crippen molar-refractivity contribution < 1.29 is 22.7 Å². The summed E-state index contributed by atoms with van der Waals surface area (Å²) in [5, 5.41) is 7.54. The number of hydrogen-bond acceptors (Lipinski definition) is 4. The lowest BCUT2D eigenvalue weighted by molar-refractivity contribution is -0.127. The first-order chi connectivity index (χ1) is 14.8. The van der Waals surface area contributed by atoms with Gasteiger partial charge in [0.25, 0.3) is 5.91 Å².